The second-order valence-electron chi connectivity index (χ2n) is 6.41. The minimum atomic E-state index is -3.36. The molecule has 2 aromatic carbocycles. The second kappa shape index (κ2) is 12.0. The molecule has 0 saturated carbocycles. The number of hydrogen-bond acceptors (Lipinski definition) is 3. The summed E-state index contributed by atoms with van der Waals surface area (Å²) in [4.78, 5) is 4.14. The molecule has 2 aromatic rings. The number of guanidine groups is 1. The SMILES string of the molecule is CN=C(NCCS(=O)(=O)NCc1ccccc1)NCc1ccc(C)cc1C.I. The lowest BCUT2D eigenvalue weighted by Crippen LogP contribution is -2.40. The Balaban J connectivity index is 0.00000392. The number of halogens is 1. The molecule has 0 aliphatic rings. The fourth-order valence-corrected chi connectivity index (χ4v) is 3.51. The molecule has 0 bridgehead atoms. The highest BCUT2D eigenvalue weighted by Gasteiger charge is 2.10. The summed E-state index contributed by atoms with van der Waals surface area (Å²) >= 11 is 0. The quantitative estimate of drug-likeness (QED) is 0.286. The Morgan fingerprint density at radius 2 is 1.71 bits per heavy atom. The van der Waals surface area contributed by atoms with Gasteiger partial charge >= 0.3 is 0 Å². The maximum atomic E-state index is 12.1. The molecule has 0 spiro atoms. The molecular weight excluding hydrogens is 487 g/mol. The summed E-state index contributed by atoms with van der Waals surface area (Å²) in [6, 6.07) is 15.7. The molecule has 154 valence electrons. The van der Waals surface area contributed by atoms with E-state index in [1.165, 1.54) is 16.7 Å². The van der Waals surface area contributed by atoms with E-state index in [4.69, 9.17) is 0 Å². The van der Waals surface area contributed by atoms with E-state index >= 15 is 0 Å². The van der Waals surface area contributed by atoms with Crippen LogP contribution in [0.15, 0.2) is 53.5 Å². The molecule has 0 amide bonds. The van der Waals surface area contributed by atoms with Crippen molar-refractivity contribution in [3.63, 3.8) is 0 Å². The van der Waals surface area contributed by atoms with Crippen LogP contribution in [0.1, 0.15) is 22.3 Å². The largest absolute Gasteiger partial charge is 0.355 e. The van der Waals surface area contributed by atoms with Crippen LogP contribution >= 0.6 is 24.0 Å². The van der Waals surface area contributed by atoms with Crippen LogP contribution in [-0.4, -0.2) is 33.7 Å². The van der Waals surface area contributed by atoms with E-state index in [1.54, 1.807) is 7.05 Å². The summed E-state index contributed by atoms with van der Waals surface area (Å²) in [5.41, 5.74) is 4.55. The predicted molar refractivity (Wildman–Crippen MR) is 127 cm³/mol. The molecule has 3 N–H and O–H groups in total. The van der Waals surface area contributed by atoms with E-state index in [0.717, 1.165) is 5.56 Å². The zero-order valence-electron chi connectivity index (χ0n) is 16.5. The third-order valence-corrected chi connectivity index (χ3v) is 5.50. The van der Waals surface area contributed by atoms with E-state index < -0.39 is 10.0 Å². The molecule has 0 aromatic heterocycles. The van der Waals surface area contributed by atoms with Gasteiger partial charge in [0.25, 0.3) is 0 Å². The fraction of sp³-hybridized carbons (Fsp3) is 0.350. The first kappa shape index (κ1) is 24.4. The number of sulfonamides is 1. The van der Waals surface area contributed by atoms with Gasteiger partial charge in [0.05, 0.1) is 5.75 Å². The summed E-state index contributed by atoms with van der Waals surface area (Å²) in [7, 11) is -1.69. The number of hydrogen-bond donors (Lipinski definition) is 3. The Labute approximate surface area is 185 Å². The van der Waals surface area contributed by atoms with E-state index in [2.05, 4.69) is 52.4 Å². The number of nitrogens with zero attached hydrogens (tertiary/aromatic N) is 1. The zero-order chi connectivity index (χ0) is 19.7. The van der Waals surface area contributed by atoms with Crippen LogP contribution in [0.3, 0.4) is 0 Å². The van der Waals surface area contributed by atoms with Crippen LogP contribution in [0, 0.1) is 13.8 Å². The first-order valence-electron chi connectivity index (χ1n) is 8.91. The van der Waals surface area contributed by atoms with Crippen molar-refractivity contribution < 1.29 is 8.42 Å². The highest BCUT2D eigenvalue weighted by atomic mass is 127. The topological polar surface area (TPSA) is 82.6 Å². The number of aryl methyl sites for hydroxylation is 2. The minimum Gasteiger partial charge on any atom is -0.355 e. The second-order valence-corrected chi connectivity index (χ2v) is 8.33. The highest BCUT2D eigenvalue weighted by molar-refractivity contribution is 14.0. The lowest BCUT2D eigenvalue weighted by atomic mass is 10.1. The van der Waals surface area contributed by atoms with Crippen LogP contribution < -0.4 is 15.4 Å². The van der Waals surface area contributed by atoms with E-state index in [1.807, 2.05) is 30.3 Å². The predicted octanol–water partition coefficient (Wildman–Crippen LogP) is 2.71. The Hall–Kier alpha value is -1.65. The molecule has 0 aliphatic carbocycles. The van der Waals surface area contributed by atoms with Crippen molar-refractivity contribution >= 4 is 40.0 Å². The lowest BCUT2D eigenvalue weighted by molar-refractivity contribution is 0.580. The average molecular weight is 516 g/mol. The molecule has 2 rings (SSSR count). The molecule has 0 heterocycles. The number of benzene rings is 2. The molecule has 28 heavy (non-hydrogen) atoms. The van der Waals surface area contributed by atoms with Gasteiger partial charge in [0.15, 0.2) is 5.96 Å². The van der Waals surface area contributed by atoms with Crippen LogP contribution in [-0.2, 0) is 23.1 Å². The molecular formula is C20H29IN4O2S. The van der Waals surface area contributed by atoms with E-state index in [9.17, 15) is 8.42 Å². The molecule has 0 unspecified atom stereocenters. The molecule has 0 atom stereocenters. The zero-order valence-corrected chi connectivity index (χ0v) is 19.7. The van der Waals surface area contributed by atoms with Crippen molar-refractivity contribution in [1.29, 1.82) is 0 Å². The summed E-state index contributed by atoms with van der Waals surface area (Å²) < 4.78 is 26.8. The van der Waals surface area contributed by atoms with Gasteiger partial charge in [-0.05, 0) is 30.5 Å². The van der Waals surface area contributed by atoms with E-state index in [-0.39, 0.29) is 36.3 Å². The first-order valence-corrected chi connectivity index (χ1v) is 10.6. The number of nitrogens with one attached hydrogen (secondary N) is 3. The summed E-state index contributed by atoms with van der Waals surface area (Å²) in [5, 5.41) is 6.26. The van der Waals surface area contributed by atoms with Gasteiger partial charge in [0.1, 0.15) is 0 Å². The first-order chi connectivity index (χ1) is 12.9. The van der Waals surface area contributed by atoms with Crippen LogP contribution in [0.2, 0.25) is 0 Å². The number of aliphatic imine (C=N–C) groups is 1. The molecule has 0 fully saturated rings. The average Bonchev–Trinajstić information content (AvgIpc) is 2.65. The summed E-state index contributed by atoms with van der Waals surface area (Å²) in [5.74, 6) is 0.553. The van der Waals surface area contributed by atoms with Crippen molar-refractivity contribution in [2.45, 2.75) is 26.9 Å². The normalized spacial score (nSPS) is 11.6. The Bertz CT molecular complexity index is 871. The van der Waals surface area contributed by atoms with Crippen molar-refractivity contribution in [3.8, 4) is 0 Å². The van der Waals surface area contributed by atoms with Crippen molar-refractivity contribution in [1.82, 2.24) is 15.4 Å². The van der Waals surface area contributed by atoms with Gasteiger partial charge in [-0.1, -0.05) is 54.1 Å². The smallest absolute Gasteiger partial charge is 0.213 e. The Morgan fingerprint density at radius 3 is 2.36 bits per heavy atom. The third kappa shape index (κ3) is 8.57. The van der Waals surface area contributed by atoms with Gasteiger partial charge in [-0.2, -0.15) is 0 Å². The maximum absolute atomic E-state index is 12.1. The highest BCUT2D eigenvalue weighted by Crippen LogP contribution is 2.09. The maximum Gasteiger partial charge on any atom is 0.213 e. The minimum absolute atomic E-state index is 0. The van der Waals surface area contributed by atoms with Crippen molar-refractivity contribution in [2.24, 2.45) is 4.99 Å². The molecule has 0 aliphatic heterocycles. The van der Waals surface area contributed by atoms with Gasteiger partial charge in [0.2, 0.25) is 10.0 Å². The van der Waals surface area contributed by atoms with E-state index in [0.29, 0.717) is 19.0 Å². The van der Waals surface area contributed by atoms with Gasteiger partial charge in [-0.3, -0.25) is 4.99 Å². The molecule has 6 nitrogen and oxygen atoms in total. The molecule has 0 saturated heterocycles. The van der Waals surface area contributed by atoms with Gasteiger partial charge in [-0.15, -0.1) is 24.0 Å². The molecule has 0 radical (unpaired) electrons. The third-order valence-electron chi connectivity index (χ3n) is 4.17. The standard InChI is InChI=1S/C20H28N4O2S.HI/c1-16-9-10-19(17(2)13-16)15-23-20(21-3)22-11-12-27(25,26)24-14-18-7-5-4-6-8-18;/h4-10,13,24H,11-12,14-15H2,1-3H3,(H2,21,22,23);1H. The van der Waals surface area contributed by atoms with Gasteiger partial charge < -0.3 is 10.6 Å². The monoisotopic (exact) mass is 516 g/mol. The van der Waals surface area contributed by atoms with Crippen molar-refractivity contribution in [3.05, 3.63) is 70.8 Å². The fourth-order valence-electron chi connectivity index (χ4n) is 2.61. The summed E-state index contributed by atoms with van der Waals surface area (Å²) in [6.45, 7) is 5.34. The van der Waals surface area contributed by atoms with Crippen molar-refractivity contribution in [2.75, 3.05) is 19.3 Å². The Morgan fingerprint density at radius 1 is 1.00 bits per heavy atom. The Kier molecular flexibility index (Phi) is 10.5. The van der Waals surface area contributed by atoms with Gasteiger partial charge in [0, 0.05) is 26.7 Å². The van der Waals surface area contributed by atoms with Crippen LogP contribution in [0.25, 0.3) is 0 Å². The molecule has 8 heteroatoms. The van der Waals surface area contributed by atoms with Crippen LogP contribution in [0.4, 0.5) is 0 Å². The summed E-state index contributed by atoms with van der Waals surface area (Å²) in [6.07, 6.45) is 0. The number of rotatable bonds is 8. The van der Waals surface area contributed by atoms with Crippen LogP contribution in [0.5, 0.6) is 0 Å². The van der Waals surface area contributed by atoms with Gasteiger partial charge in [-0.25, -0.2) is 13.1 Å². The lowest BCUT2D eigenvalue weighted by Gasteiger charge is -2.14.